The summed E-state index contributed by atoms with van der Waals surface area (Å²) in [7, 11) is 0. The molecule has 0 radical (unpaired) electrons. The number of rotatable bonds is 8. The van der Waals surface area contributed by atoms with Crippen LogP contribution in [0.5, 0.6) is 0 Å². The van der Waals surface area contributed by atoms with Crippen molar-refractivity contribution in [2.75, 3.05) is 0 Å². The predicted molar refractivity (Wildman–Crippen MR) is 285 cm³/mol. The maximum atomic E-state index is 5.42. The van der Waals surface area contributed by atoms with Crippen molar-refractivity contribution in [1.29, 1.82) is 0 Å². The smallest absolute Gasteiger partial charge is 0.160 e. The standard InChI is InChI=1S/C65H42N2S/c1-5-18-43(19-6-1)45-22-17-23-46(36-45)49-37-50(47-33-35-63-57(40-47)55-29-14-16-31-62(55)68-63)39-51(38-49)61-42-60(66-64(67-61)44-20-7-2-8-21-44)48-32-34-59-56(41-48)54-28-13-15-30-58(54)65(59,52-24-9-3-10-25-52)53-26-11-4-12-27-53/h1-42H. The van der Waals surface area contributed by atoms with Crippen LogP contribution in [-0.2, 0) is 5.41 Å². The van der Waals surface area contributed by atoms with E-state index >= 15 is 0 Å². The molecule has 2 nitrogen and oxygen atoms in total. The molecule has 1 aliphatic rings. The average molecular weight is 883 g/mol. The van der Waals surface area contributed by atoms with Crippen LogP contribution < -0.4 is 0 Å². The van der Waals surface area contributed by atoms with E-state index in [0.29, 0.717) is 5.82 Å². The molecule has 1 aliphatic carbocycles. The minimum atomic E-state index is -0.480. The van der Waals surface area contributed by atoms with Crippen LogP contribution in [0.15, 0.2) is 255 Å². The fourth-order valence-corrected chi connectivity index (χ4v) is 11.7. The first-order valence-corrected chi connectivity index (χ1v) is 24.0. The van der Waals surface area contributed by atoms with Crippen molar-refractivity contribution in [3.63, 3.8) is 0 Å². The quantitative estimate of drug-likeness (QED) is 0.152. The van der Waals surface area contributed by atoms with E-state index in [1.807, 2.05) is 17.4 Å². The Kier molecular flexibility index (Phi) is 9.62. The van der Waals surface area contributed by atoms with Crippen LogP contribution in [0.1, 0.15) is 22.3 Å². The molecule has 0 bridgehead atoms. The Morgan fingerprint density at radius 2 is 0.779 bits per heavy atom. The molecule has 0 aliphatic heterocycles. The molecule has 0 unspecified atom stereocenters. The van der Waals surface area contributed by atoms with Crippen molar-refractivity contribution in [1.82, 2.24) is 9.97 Å². The molecule has 2 aromatic heterocycles. The van der Waals surface area contributed by atoms with Gasteiger partial charge in [-0.2, -0.15) is 0 Å². The largest absolute Gasteiger partial charge is 0.228 e. The van der Waals surface area contributed by atoms with Crippen LogP contribution >= 0.6 is 11.3 Å². The number of fused-ring (bicyclic) bond motifs is 6. The third kappa shape index (κ3) is 6.70. The van der Waals surface area contributed by atoms with Gasteiger partial charge in [-0.3, -0.25) is 0 Å². The number of hydrogen-bond donors (Lipinski definition) is 0. The van der Waals surface area contributed by atoms with E-state index in [0.717, 1.165) is 44.8 Å². The molecular weight excluding hydrogens is 841 g/mol. The highest BCUT2D eigenvalue weighted by atomic mass is 32.1. The lowest BCUT2D eigenvalue weighted by Crippen LogP contribution is -2.28. The van der Waals surface area contributed by atoms with E-state index in [1.165, 1.54) is 70.2 Å². The van der Waals surface area contributed by atoms with Crippen molar-refractivity contribution < 1.29 is 0 Å². The van der Waals surface area contributed by atoms with Crippen molar-refractivity contribution in [3.05, 3.63) is 277 Å². The van der Waals surface area contributed by atoms with Gasteiger partial charge in [0.25, 0.3) is 0 Å². The zero-order valence-electron chi connectivity index (χ0n) is 37.1. The summed E-state index contributed by atoms with van der Waals surface area (Å²) in [5, 5.41) is 2.56. The molecule has 0 fully saturated rings. The molecule has 68 heavy (non-hydrogen) atoms. The molecule has 13 rings (SSSR count). The maximum absolute atomic E-state index is 5.42. The molecule has 0 atom stereocenters. The number of aromatic nitrogens is 2. The van der Waals surface area contributed by atoms with Crippen molar-refractivity contribution in [2.45, 2.75) is 5.41 Å². The first-order valence-electron chi connectivity index (χ1n) is 23.2. The van der Waals surface area contributed by atoms with E-state index in [1.54, 1.807) is 0 Å². The lowest BCUT2D eigenvalue weighted by molar-refractivity contribution is 0.768. The minimum Gasteiger partial charge on any atom is -0.228 e. The van der Waals surface area contributed by atoms with Gasteiger partial charge in [-0.15, -0.1) is 11.3 Å². The van der Waals surface area contributed by atoms with E-state index < -0.39 is 5.41 Å². The second-order valence-corrected chi connectivity index (χ2v) is 18.8. The molecule has 318 valence electrons. The first-order chi connectivity index (χ1) is 33.7. The fourth-order valence-electron chi connectivity index (χ4n) is 10.6. The second-order valence-electron chi connectivity index (χ2n) is 17.7. The van der Waals surface area contributed by atoms with Gasteiger partial charge in [-0.1, -0.05) is 200 Å². The highest BCUT2D eigenvalue weighted by Crippen LogP contribution is 2.56. The van der Waals surface area contributed by atoms with E-state index in [9.17, 15) is 0 Å². The average Bonchev–Trinajstić information content (AvgIpc) is 3.95. The van der Waals surface area contributed by atoms with Crippen LogP contribution in [-0.4, -0.2) is 9.97 Å². The van der Waals surface area contributed by atoms with E-state index in [4.69, 9.17) is 9.97 Å². The second kappa shape index (κ2) is 16.4. The molecule has 0 saturated carbocycles. The van der Waals surface area contributed by atoms with Crippen LogP contribution in [0.2, 0.25) is 0 Å². The summed E-state index contributed by atoms with van der Waals surface area (Å²) < 4.78 is 2.59. The molecule has 3 heteroatoms. The monoisotopic (exact) mass is 882 g/mol. The molecule has 0 N–H and O–H groups in total. The van der Waals surface area contributed by atoms with Crippen molar-refractivity contribution in [3.8, 4) is 78.4 Å². The first kappa shape index (κ1) is 39.8. The fraction of sp³-hybridized carbons (Fsp3) is 0.0154. The van der Waals surface area contributed by atoms with Gasteiger partial charge in [0.1, 0.15) is 0 Å². The number of hydrogen-bond acceptors (Lipinski definition) is 3. The van der Waals surface area contributed by atoms with Gasteiger partial charge in [0.2, 0.25) is 0 Å². The molecule has 0 saturated heterocycles. The Hall–Kier alpha value is -8.50. The van der Waals surface area contributed by atoms with Gasteiger partial charge in [-0.05, 0) is 121 Å². The van der Waals surface area contributed by atoms with Gasteiger partial charge >= 0.3 is 0 Å². The van der Waals surface area contributed by atoms with E-state index in [-0.39, 0.29) is 0 Å². The summed E-state index contributed by atoms with van der Waals surface area (Å²) in [5.41, 5.74) is 18.7. The van der Waals surface area contributed by atoms with Gasteiger partial charge in [0.05, 0.1) is 16.8 Å². The lowest BCUT2D eigenvalue weighted by atomic mass is 9.67. The molecular formula is C65H42N2S. The third-order valence-corrected chi connectivity index (χ3v) is 14.9. The summed E-state index contributed by atoms with van der Waals surface area (Å²) >= 11 is 1.85. The SMILES string of the molecule is c1ccc(-c2cccc(-c3cc(-c4ccc5sc6ccccc6c5c4)cc(-c4cc(-c5ccc6c(c5)-c5ccccc5C6(c5ccccc5)c5ccccc5)nc(-c5ccccc5)n4)c3)c2)cc1. The number of nitrogens with zero attached hydrogens (tertiary/aromatic N) is 2. The van der Waals surface area contributed by atoms with Crippen molar-refractivity contribution in [2.24, 2.45) is 0 Å². The topological polar surface area (TPSA) is 25.8 Å². The lowest BCUT2D eigenvalue weighted by Gasteiger charge is -2.33. The Balaban J connectivity index is 1.02. The molecule has 2 heterocycles. The normalized spacial score (nSPS) is 12.5. The molecule has 10 aromatic carbocycles. The van der Waals surface area contributed by atoms with Crippen LogP contribution in [0.25, 0.3) is 98.6 Å². The Morgan fingerprint density at radius 3 is 1.50 bits per heavy atom. The van der Waals surface area contributed by atoms with Gasteiger partial charge in [-0.25, -0.2) is 9.97 Å². The zero-order valence-corrected chi connectivity index (χ0v) is 37.9. The van der Waals surface area contributed by atoms with Gasteiger partial charge in [0.15, 0.2) is 5.82 Å². The third-order valence-electron chi connectivity index (χ3n) is 13.8. The molecule has 0 amide bonds. The summed E-state index contributed by atoms with van der Waals surface area (Å²) in [6.45, 7) is 0. The predicted octanol–water partition coefficient (Wildman–Crippen LogP) is 17.2. The highest BCUT2D eigenvalue weighted by Gasteiger charge is 2.46. The Bertz CT molecular complexity index is 3800. The molecule has 0 spiro atoms. The maximum Gasteiger partial charge on any atom is 0.160 e. The summed E-state index contributed by atoms with van der Waals surface area (Å²) in [5.74, 6) is 0.686. The van der Waals surface area contributed by atoms with E-state index in [2.05, 4.69) is 249 Å². The number of thiophene rings is 1. The van der Waals surface area contributed by atoms with Crippen molar-refractivity contribution >= 4 is 31.5 Å². The van der Waals surface area contributed by atoms with Crippen LogP contribution in [0.3, 0.4) is 0 Å². The Morgan fingerprint density at radius 1 is 0.279 bits per heavy atom. The minimum absolute atomic E-state index is 0.480. The van der Waals surface area contributed by atoms with Gasteiger partial charge in [0, 0.05) is 36.9 Å². The summed E-state index contributed by atoms with van der Waals surface area (Å²) in [4.78, 5) is 10.8. The zero-order chi connectivity index (χ0) is 45.0. The summed E-state index contributed by atoms with van der Waals surface area (Å²) in [6, 6.07) is 92.5. The van der Waals surface area contributed by atoms with Crippen LogP contribution in [0, 0.1) is 0 Å². The van der Waals surface area contributed by atoms with Crippen LogP contribution in [0.4, 0.5) is 0 Å². The van der Waals surface area contributed by atoms with Gasteiger partial charge < -0.3 is 0 Å². The Labute approximate surface area is 400 Å². The summed E-state index contributed by atoms with van der Waals surface area (Å²) in [6.07, 6.45) is 0. The molecule has 12 aromatic rings. The number of benzene rings is 10. The highest BCUT2D eigenvalue weighted by molar-refractivity contribution is 7.25.